The van der Waals surface area contributed by atoms with Gasteiger partial charge in [-0.15, -0.1) is 0 Å². The van der Waals surface area contributed by atoms with Crippen molar-refractivity contribution in [3.63, 3.8) is 0 Å². The second-order valence-electron chi connectivity index (χ2n) is 3.03. The minimum absolute atomic E-state index is 0.266. The van der Waals surface area contributed by atoms with E-state index in [2.05, 4.69) is 25.8 Å². The van der Waals surface area contributed by atoms with Gasteiger partial charge < -0.3 is 4.72 Å². The summed E-state index contributed by atoms with van der Waals surface area (Å²) in [6, 6.07) is 3.11. The molecule has 1 N–H and O–H groups in total. The standard InChI is InChI=1S/C9H9BrFN3S/c1-14-8-5(10)3-4-6(11)7(8)9(12-14)13-15-2/h3-4H,1-2H3,(H,12,13). The Bertz CT molecular complexity index is 512. The number of hydrogen-bond acceptors (Lipinski definition) is 3. The molecule has 1 heterocycles. The lowest BCUT2D eigenvalue weighted by atomic mass is 10.2. The number of halogens is 2. The van der Waals surface area contributed by atoms with E-state index in [0.717, 1.165) is 9.99 Å². The van der Waals surface area contributed by atoms with Crippen LogP contribution in [0.1, 0.15) is 0 Å². The first-order chi connectivity index (χ1) is 7.15. The van der Waals surface area contributed by atoms with Crippen molar-refractivity contribution in [3.8, 4) is 0 Å². The van der Waals surface area contributed by atoms with Crippen LogP contribution in [0, 0.1) is 5.82 Å². The van der Waals surface area contributed by atoms with Crippen LogP contribution < -0.4 is 4.72 Å². The molecular weight excluding hydrogens is 281 g/mol. The van der Waals surface area contributed by atoms with Crippen molar-refractivity contribution in [2.24, 2.45) is 7.05 Å². The maximum Gasteiger partial charge on any atom is 0.168 e. The highest BCUT2D eigenvalue weighted by Crippen LogP contribution is 2.31. The van der Waals surface area contributed by atoms with E-state index in [9.17, 15) is 4.39 Å². The van der Waals surface area contributed by atoms with Crippen LogP contribution in [0.2, 0.25) is 0 Å². The monoisotopic (exact) mass is 289 g/mol. The quantitative estimate of drug-likeness (QED) is 0.862. The van der Waals surface area contributed by atoms with E-state index in [1.54, 1.807) is 17.8 Å². The Kier molecular flexibility index (Phi) is 2.88. The summed E-state index contributed by atoms with van der Waals surface area (Å²) in [5.41, 5.74) is 0.756. The number of hydrogen-bond donors (Lipinski definition) is 1. The van der Waals surface area contributed by atoms with E-state index in [-0.39, 0.29) is 5.82 Å². The lowest BCUT2D eigenvalue weighted by molar-refractivity contribution is 0.640. The van der Waals surface area contributed by atoms with Gasteiger partial charge in [0.25, 0.3) is 0 Å². The Morgan fingerprint density at radius 2 is 2.27 bits per heavy atom. The van der Waals surface area contributed by atoms with E-state index in [1.807, 2.05) is 6.26 Å². The van der Waals surface area contributed by atoms with Crippen LogP contribution in [0.5, 0.6) is 0 Å². The molecule has 0 saturated carbocycles. The number of aromatic nitrogens is 2. The van der Waals surface area contributed by atoms with Gasteiger partial charge in [0.15, 0.2) is 5.82 Å². The average Bonchev–Trinajstić information content (AvgIpc) is 2.51. The van der Waals surface area contributed by atoms with Crippen molar-refractivity contribution in [1.29, 1.82) is 0 Å². The van der Waals surface area contributed by atoms with Crippen molar-refractivity contribution in [3.05, 3.63) is 22.4 Å². The highest BCUT2D eigenvalue weighted by molar-refractivity contribution is 9.10. The summed E-state index contributed by atoms with van der Waals surface area (Å²) in [7, 11) is 1.79. The summed E-state index contributed by atoms with van der Waals surface area (Å²) < 4.78 is 19.1. The fraction of sp³-hybridized carbons (Fsp3) is 0.222. The number of anilines is 1. The lowest BCUT2D eigenvalue weighted by Gasteiger charge is -1.99. The average molecular weight is 290 g/mol. The van der Waals surface area contributed by atoms with Gasteiger partial charge in [-0.1, -0.05) is 11.9 Å². The lowest BCUT2D eigenvalue weighted by Crippen LogP contribution is -1.91. The SMILES string of the molecule is CSNc1nn(C)c2c(Br)ccc(F)c12. The third-order valence-electron chi connectivity index (χ3n) is 2.09. The minimum Gasteiger partial charge on any atom is -0.313 e. The summed E-state index contributed by atoms with van der Waals surface area (Å²) >= 11 is 4.77. The highest BCUT2D eigenvalue weighted by atomic mass is 79.9. The maximum atomic E-state index is 13.6. The van der Waals surface area contributed by atoms with Gasteiger partial charge >= 0.3 is 0 Å². The first-order valence-electron chi connectivity index (χ1n) is 4.25. The van der Waals surface area contributed by atoms with Crippen molar-refractivity contribution in [2.75, 3.05) is 11.0 Å². The minimum atomic E-state index is -0.266. The number of aryl methyl sites for hydroxylation is 1. The van der Waals surface area contributed by atoms with Gasteiger partial charge in [-0.05, 0) is 28.1 Å². The molecule has 6 heteroatoms. The van der Waals surface area contributed by atoms with Gasteiger partial charge in [0, 0.05) is 17.8 Å². The van der Waals surface area contributed by atoms with Gasteiger partial charge in [0.2, 0.25) is 0 Å². The third kappa shape index (κ3) is 1.72. The molecule has 0 aliphatic rings. The fourth-order valence-electron chi connectivity index (χ4n) is 1.50. The van der Waals surface area contributed by atoms with Crippen LogP contribution in [0.25, 0.3) is 10.9 Å². The number of rotatable bonds is 2. The number of benzene rings is 1. The molecule has 2 rings (SSSR count). The summed E-state index contributed by atoms with van der Waals surface area (Å²) in [6.07, 6.45) is 1.87. The number of nitrogens with one attached hydrogen (secondary N) is 1. The molecule has 0 atom stereocenters. The molecule has 2 aromatic rings. The normalized spacial score (nSPS) is 10.9. The molecule has 0 bridgehead atoms. The Morgan fingerprint density at radius 3 is 2.93 bits per heavy atom. The van der Waals surface area contributed by atoms with Crippen LogP contribution in [0.4, 0.5) is 10.2 Å². The van der Waals surface area contributed by atoms with Crippen LogP contribution in [-0.4, -0.2) is 16.0 Å². The van der Waals surface area contributed by atoms with Crippen molar-refractivity contribution in [2.45, 2.75) is 0 Å². The van der Waals surface area contributed by atoms with E-state index in [0.29, 0.717) is 11.2 Å². The second kappa shape index (κ2) is 4.02. The summed E-state index contributed by atoms with van der Waals surface area (Å²) in [6.45, 7) is 0. The van der Waals surface area contributed by atoms with Crippen LogP contribution in [0.15, 0.2) is 16.6 Å². The molecule has 0 unspecified atom stereocenters. The van der Waals surface area contributed by atoms with Crippen LogP contribution >= 0.6 is 27.9 Å². The molecule has 0 amide bonds. The summed E-state index contributed by atoms with van der Waals surface area (Å²) in [5.74, 6) is 0.289. The van der Waals surface area contributed by atoms with Gasteiger partial charge in [-0.3, -0.25) is 4.68 Å². The van der Waals surface area contributed by atoms with Crippen molar-refractivity contribution in [1.82, 2.24) is 9.78 Å². The smallest absolute Gasteiger partial charge is 0.168 e. The molecule has 3 nitrogen and oxygen atoms in total. The maximum absolute atomic E-state index is 13.6. The predicted molar refractivity (Wildman–Crippen MR) is 65.5 cm³/mol. The molecule has 1 aromatic carbocycles. The molecule has 0 fully saturated rings. The molecule has 15 heavy (non-hydrogen) atoms. The summed E-state index contributed by atoms with van der Waals surface area (Å²) in [5, 5.41) is 4.73. The topological polar surface area (TPSA) is 29.9 Å². The van der Waals surface area contributed by atoms with E-state index >= 15 is 0 Å². The van der Waals surface area contributed by atoms with Crippen molar-refractivity contribution >= 4 is 44.6 Å². The molecule has 80 valence electrons. The van der Waals surface area contributed by atoms with Crippen LogP contribution in [0.3, 0.4) is 0 Å². The molecule has 0 aliphatic heterocycles. The van der Waals surface area contributed by atoms with Gasteiger partial charge in [-0.25, -0.2) is 4.39 Å². The molecule has 0 aliphatic carbocycles. The van der Waals surface area contributed by atoms with E-state index in [1.165, 1.54) is 18.0 Å². The fourth-order valence-corrected chi connectivity index (χ4v) is 2.42. The van der Waals surface area contributed by atoms with Crippen LogP contribution in [-0.2, 0) is 7.05 Å². The first-order valence-corrected chi connectivity index (χ1v) is 6.26. The Morgan fingerprint density at radius 1 is 1.53 bits per heavy atom. The Hall–Kier alpha value is -0.750. The molecule has 0 saturated heterocycles. The number of fused-ring (bicyclic) bond motifs is 1. The molecule has 0 radical (unpaired) electrons. The zero-order valence-electron chi connectivity index (χ0n) is 8.21. The first kappa shape index (κ1) is 10.8. The van der Waals surface area contributed by atoms with Crippen molar-refractivity contribution < 1.29 is 4.39 Å². The Labute approximate surface area is 99.3 Å². The second-order valence-corrected chi connectivity index (χ2v) is 4.50. The summed E-state index contributed by atoms with van der Waals surface area (Å²) in [4.78, 5) is 0. The highest BCUT2D eigenvalue weighted by Gasteiger charge is 2.14. The van der Waals surface area contributed by atoms with E-state index in [4.69, 9.17) is 0 Å². The van der Waals surface area contributed by atoms with Gasteiger partial charge in [-0.2, -0.15) is 5.10 Å². The Balaban J connectivity index is 2.80. The van der Waals surface area contributed by atoms with E-state index < -0.39 is 0 Å². The molecule has 1 aromatic heterocycles. The van der Waals surface area contributed by atoms with Gasteiger partial charge in [0.05, 0.1) is 10.9 Å². The van der Waals surface area contributed by atoms with Gasteiger partial charge in [0.1, 0.15) is 5.82 Å². The predicted octanol–water partition coefficient (Wildman–Crippen LogP) is 3.16. The molecule has 0 spiro atoms. The zero-order valence-corrected chi connectivity index (χ0v) is 10.6. The zero-order chi connectivity index (χ0) is 11.0. The molecular formula is C9H9BrFN3S. The number of nitrogens with zero attached hydrogens (tertiary/aromatic N) is 2. The largest absolute Gasteiger partial charge is 0.313 e. The third-order valence-corrected chi connectivity index (χ3v) is 3.12.